The zero-order valence-corrected chi connectivity index (χ0v) is 20.3. The summed E-state index contributed by atoms with van der Waals surface area (Å²) in [6, 6.07) is 16.6. The zero-order valence-electron chi connectivity index (χ0n) is 20.3. The molecule has 1 N–H and O–H groups in total. The van der Waals surface area contributed by atoms with E-state index in [1.54, 1.807) is 0 Å². The number of nitrogens with zero attached hydrogens (tertiary/aromatic N) is 1. The Kier molecular flexibility index (Phi) is 7.54. The van der Waals surface area contributed by atoms with Gasteiger partial charge in [0.2, 0.25) is 0 Å². The summed E-state index contributed by atoms with van der Waals surface area (Å²) in [4.78, 5) is 15.3. The van der Waals surface area contributed by atoms with Gasteiger partial charge >= 0.3 is 5.97 Å². The molecule has 5 rings (SSSR count). The summed E-state index contributed by atoms with van der Waals surface area (Å²) >= 11 is 0. The van der Waals surface area contributed by atoms with Crippen molar-refractivity contribution in [2.75, 3.05) is 19.7 Å². The first-order valence-electron chi connectivity index (χ1n) is 13.4. The maximum atomic E-state index is 12.7. The van der Waals surface area contributed by atoms with Crippen LogP contribution in [0.15, 0.2) is 48.5 Å². The molecule has 2 unspecified atom stereocenters. The maximum absolute atomic E-state index is 12.7. The van der Waals surface area contributed by atoms with E-state index < -0.39 is 0 Å². The number of carbonyl (C=O) groups is 1. The molecule has 3 aliphatic rings. The molecule has 1 saturated heterocycles. The van der Waals surface area contributed by atoms with Crippen LogP contribution in [0.2, 0.25) is 0 Å². The molecule has 0 radical (unpaired) electrons. The second-order valence-corrected chi connectivity index (χ2v) is 10.8. The number of rotatable bonds is 7. The van der Waals surface area contributed by atoms with Crippen LogP contribution in [0.3, 0.4) is 0 Å². The van der Waals surface area contributed by atoms with Crippen LogP contribution in [-0.4, -0.2) is 35.7 Å². The third-order valence-corrected chi connectivity index (χ3v) is 8.57. The molecule has 0 amide bonds. The first-order valence-corrected chi connectivity index (χ1v) is 13.4. The second-order valence-electron chi connectivity index (χ2n) is 10.8. The lowest BCUT2D eigenvalue weighted by molar-refractivity contribution is -0.145. The highest BCUT2D eigenvalue weighted by Crippen LogP contribution is 2.42. The number of benzene rings is 2. The van der Waals surface area contributed by atoms with E-state index in [1.165, 1.54) is 44.1 Å². The van der Waals surface area contributed by atoms with Crippen molar-refractivity contribution in [2.45, 2.75) is 70.3 Å². The van der Waals surface area contributed by atoms with Crippen molar-refractivity contribution >= 4 is 5.97 Å². The lowest BCUT2D eigenvalue weighted by Crippen LogP contribution is -2.43. The fourth-order valence-corrected chi connectivity index (χ4v) is 6.74. The Labute approximate surface area is 204 Å². The van der Waals surface area contributed by atoms with Crippen molar-refractivity contribution in [3.63, 3.8) is 0 Å². The first-order chi connectivity index (χ1) is 16.7. The van der Waals surface area contributed by atoms with Gasteiger partial charge < -0.3 is 9.84 Å². The van der Waals surface area contributed by atoms with Gasteiger partial charge in [-0.15, -0.1) is 0 Å². The molecule has 2 aromatic carbocycles. The van der Waals surface area contributed by atoms with E-state index in [-0.39, 0.29) is 12.4 Å². The molecule has 4 nitrogen and oxygen atoms in total. The molecular formula is C30H39NO3. The van der Waals surface area contributed by atoms with Crippen molar-refractivity contribution < 1.29 is 14.6 Å². The van der Waals surface area contributed by atoms with E-state index in [0.717, 1.165) is 38.0 Å². The van der Waals surface area contributed by atoms with E-state index >= 15 is 0 Å². The molecule has 182 valence electrons. The number of phenolic OH excluding ortho intramolecular Hbond substituents is 1. The standard InChI is InChI=1S/C30H39NO3/c32-29(17-24-13-8-14-27(30(24)33)23-11-6-1-2-7-12-23)34-21-28-25-15-16-26(28)20-31(19-25)18-22-9-4-3-5-10-22/h3-5,8-10,13-14,23,25-26,28,33H,1-2,6-7,11-12,15-21H2. The van der Waals surface area contributed by atoms with Crippen molar-refractivity contribution in [1.29, 1.82) is 0 Å². The molecule has 2 bridgehead atoms. The van der Waals surface area contributed by atoms with E-state index in [4.69, 9.17) is 4.74 Å². The Morgan fingerprint density at radius 1 is 0.882 bits per heavy atom. The largest absolute Gasteiger partial charge is 0.507 e. The number of carbonyl (C=O) groups excluding carboxylic acids is 1. The number of esters is 1. The number of hydrogen-bond acceptors (Lipinski definition) is 4. The topological polar surface area (TPSA) is 49.8 Å². The van der Waals surface area contributed by atoms with Gasteiger partial charge in [-0.3, -0.25) is 9.69 Å². The highest BCUT2D eigenvalue weighted by Gasteiger charge is 2.42. The minimum Gasteiger partial charge on any atom is -0.507 e. The predicted molar refractivity (Wildman–Crippen MR) is 135 cm³/mol. The van der Waals surface area contributed by atoms with Gasteiger partial charge in [-0.05, 0) is 54.6 Å². The minimum absolute atomic E-state index is 0.161. The first kappa shape index (κ1) is 23.4. The Hall–Kier alpha value is -2.33. The smallest absolute Gasteiger partial charge is 0.310 e. The van der Waals surface area contributed by atoms with Crippen LogP contribution in [0.25, 0.3) is 0 Å². The number of aromatic hydroxyl groups is 1. The van der Waals surface area contributed by atoms with Crippen molar-refractivity contribution in [3.8, 4) is 5.75 Å². The summed E-state index contributed by atoms with van der Waals surface area (Å²) in [6.07, 6.45) is 9.93. The van der Waals surface area contributed by atoms with Crippen molar-refractivity contribution in [1.82, 2.24) is 4.90 Å². The normalized spacial score (nSPS) is 25.7. The summed E-state index contributed by atoms with van der Waals surface area (Å²) in [6.45, 7) is 3.73. The lowest BCUT2D eigenvalue weighted by atomic mass is 9.85. The Bertz CT molecular complexity index is 937. The average Bonchev–Trinajstić information content (AvgIpc) is 3.03. The van der Waals surface area contributed by atoms with Gasteiger partial charge in [-0.2, -0.15) is 0 Å². The Balaban J connectivity index is 1.14. The van der Waals surface area contributed by atoms with Crippen LogP contribution in [0.4, 0.5) is 0 Å². The van der Waals surface area contributed by atoms with Crippen LogP contribution < -0.4 is 0 Å². The number of para-hydroxylation sites is 1. The number of phenols is 1. The SMILES string of the molecule is O=C(Cc1cccc(C2CCCCCC2)c1O)OCC1C2CCC1CN(Cc1ccccc1)C2. The average molecular weight is 462 g/mol. The number of likely N-dealkylation sites (tertiary alicyclic amines) is 1. The molecule has 2 saturated carbocycles. The van der Waals surface area contributed by atoms with Crippen LogP contribution in [-0.2, 0) is 22.5 Å². The molecule has 1 aliphatic heterocycles. The summed E-state index contributed by atoms with van der Waals surface area (Å²) in [5.74, 6) is 2.22. The van der Waals surface area contributed by atoms with E-state index in [2.05, 4.69) is 35.2 Å². The molecular weight excluding hydrogens is 422 g/mol. The maximum Gasteiger partial charge on any atom is 0.310 e. The number of ether oxygens (including phenoxy) is 1. The van der Waals surface area contributed by atoms with Gasteiger partial charge in [0, 0.05) is 31.1 Å². The molecule has 0 spiro atoms. The number of piperidine rings is 1. The van der Waals surface area contributed by atoms with E-state index in [9.17, 15) is 9.90 Å². The third kappa shape index (κ3) is 5.49. The van der Waals surface area contributed by atoms with Crippen molar-refractivity contribution in [2.24, 2.45) is 17.8 Å². The van der Waals surface area contributed by atoms with Crippen molar-refractivity contribution in [3.05, 3.63) is 65.2 Å². The second kappa shape index (κ2) is 10.9. The zero-order chi connectivity index (χ0) is 23.3. The minimum atomic E-state index is -0.209. The highest BCUT2D eigenvalue weighted by atomic mass is 16.5. The molecule has 1 heterocycles. The van der Waals surface area contributed by atoms with Crippen LogP contribution in [0.5, 0.6) is 5.75 Å². The van der Waals surface area contributed by atoms with Gasteiger partial charge in [-0.1, -0.05) is 74.2 Å². The quantitative estimate of drug-likeness (QED) is 0.401. The van der Waals surface area contributed by atoms with Crippen LogP contribution >= 0.6 is 0 Å². The predicted octanol–water partition coefficient (Wildman–Crippen LogP) is 6.07. The number of hydrogen-bond donors (Lipinski definition) is 1. The van der Waals surface area contributed by atoms with Gasteiger partial charge in [0.05, 0.1) is 13.0 Å². The lowest BCUT2D eigenvalue weighted by Gasteiger charge is -2.37. The summed E-state index contributed by atoms with van der Waals surface area (Å²) in [7, 11) is 0. The highest BCUT2D eigenvalue weighted by molar-refractivity contribution is 5.74. The van der Waals surface area contributed by atoms with Gasteiger partial charge in [-0.25, -0.2) is 0 Å². The summed E-state index contributed by atoms with van der Waals surface area (Å²) in [5.41, 5.74) is 3.11. The molecule has 0 aromatic heterocycles. The third-order valence-electron chi connectivity index (χ3n) is 8.57. The van der Waals surface area contributed by atoms with E-state index in [1.807, 2.05) is 18.2 Å². The fourth-order valence-electron chi connectivity index (χ4n) is 6.74. The van der Waals surface area contributed by atoms with Crippen LogP contribution in [0, 0.1) is 17.8 Å². The molecule has 34 heavy (non-hydrogen) atoms. The Morgan fingerprint density at radius 3 is 2.29 bits per heavy atom. The van der Waals surface area contributed by atoms with Crippen LogP contribution in [0.1, 0.15) is 74.0 Å². The molecule has 3 fully saturated rings. The summed E-state index contributed by atoms with van der Waals surface area (Å²) < 4.78 is 5.81. The molecule has 2 atom stereocenters. The summed E-state index contributed by atoms with van der Waals surface area (Å²) in [5, 5.41) is 10.9. The molecule has 2 aliphatic carbocycles. The molecule has 2 aromatic rings. The fraction of sp³-hybridized carbons (Fsp3) is 0.567. The van der Waals surface area contributed by atoms with E-state index in [0.29, 0.717) is 41.6 Å². The number of fused-ring (bicyclic) bond motifs is 2. The molecule has 4 heteroatoms. The Morgan fingerprint density at radius 2 is 1.59 bits per heavy atom. The van der Waals surface area contributed by atoms with Gasteiger partial charge in [0.25, 0.3) is 0 Å². The van der Waals surface area contributed by atoms with Gasteiger partial charge in [0.15, 0.2) is 0 Å². The van der Waals surface area contributed by atoms with Gasteiger partial charge in [0.1, 0.15) is 5.75 Å². The monoisotopic (exact) mass is 461 g/mol.